The summed E-state index contributed by atoms with van der Waals surface area (Å²) in [5.41, 5.74) is 0.923. The summed E-state index contributed by atoms with van der Waals surface area (Å²) in [5, 5.41) is 6.76. The number of hydrogen-bond acceptors (Lipinski definition) is 3. The van der Waals surface area contributed by atoms with E-state index in [4.69, 9.17) is 9.73 Å². The molecule has 7 heteroatoms. The van der Waals surface area contributed by atoms with Crippen molar-refractivity contribution in [2.75, 3.05) is 45.9 Å². The molecule has 154 valence electrons. The third kappa shape index (κ3) is 7.91. The monoisotopic (exact) mass is 492 g/mol. The highest BCUT2D eigenvalue weighted by molar-refractivity contribution is 14.0. The normalized spacial score (nSPS) is 17.1. The van der Waals surface area contributed by atoms with Gasteiger partial charge in [0, 0.05) is 37.6 Å². The molecule has 1 fully saturated rings. The van der Waals surface area contributed by atoms with E-state index in [2.05, 4.69) is 43.2 Å². The Morgan fingerprint density at radius 3 is 2.44 bits per heavy atom. The summed E-state index contributed by atoms with van der Waals surface area (Å²) in [6, 6.07) is 7.12. The van der Waals surface area contributed by atoms with Crippen LogP contribution >= 0.6 is 24.0 Å². The topological polar surface area (TPSA) is 48.9 Å². The average Bonchev–Trinajstić information content (AvgIpc) is 2.65. The Bertz CT molecular complexity index is 574. The van der Waals surface area contributed by atoms with E-state index in [1.807, 2.05) is 12.1 Å². The van der Waals surface area contributed by atoms with Gasteiger partial charge in [0.1, 0.15) is 5.82 Å². The summed E-state index contributed by atoms with van der Waals surface area (Å²) in [7, 11) is 0. The van der Waals surface area contributed by atoms with E-state index in [-0.39, 0.29) is 35.2 Å². The van der Waals surface area contributed by atoms with Gasteiger partial charge in [-0.2, -0.15) is 0 Å². The number of nitrogens with one attached hydrogen (secondary N) is 2. The molecule has 1 unspecified atom stereocenters. The molecule has 1 heterocycles. The van der Waals surface area contributed by atoms with E-state index < -0.39 is 0 Å². The second kappa shape index (κ2) is 11.8. The summed E-state index contributed by atoms with van der Waals surface area (Å²) in [6.45, 7) is 14.4. The van der Waals surface area contributed by atoms with Crippen molar-refractivity contribution in [2.45, 2.75) is 39.2 Å². The average molecular weight is 492 g/mol. The lowest BCUT2D eigenvalue weighted by molar-refractivity contribution is 0.0211. The first-order chi connectivity index (χ1) is 12.4. The number of nitrogens with zero attached hydrogens (tertiary/aromatic N) is 2. The first kappa shape index (κ1) is 24.1. The number of guanidine groups is 1. The Hall–Kier alpha value is -0.930. The molecule has 2 N–H and O–H groups in total. The van der Waals surface area contributed by atoms with Crippen LogP contribution in [0.4, 0.5) is 4.39 Å². The molecule has 0 bridgehead atoms. The molecule has 5 nitrogen and oxygen atoms in total. The molecule has 1 aliphatic heterocycles. The fraction of sp³-hybridized carbons (Fsp3) is 0.650. The minimum absolute atomic E-state index is 0. The molecule has 1 atom stereocenters. The van der Waals surface area contributed by atoms with E-state index in [0.717, 1.165) is 50.9 Å². The van der Waals surface area contributed by atoms with Crippen LogP contribution in [0.5, 0.6) is 0 Å². The lowest BCUT2D eigenvalue weighted by atomic mass is 9.85. The van der Waals surface area contributed by atoms with Crippen molar-refractivity contribution in [1.82, 2.24) is 15.5 Å². The number of halogens is 2. The van der Waals surface area contributed by atoms with Gasteiger partial charge in [-0.1, -0.05) is 26.0 Å². The first-order valence-corrected chi connectivity index (χ1v) is 9.52. The SMILES string of the molecule is CCNC(=NCC(C)(C)c1ccc(F)cc1)NCC(C)N1CCOCC1.I. The van der Waals surface area contributed by atoms with Gasteiger partial charge in [0.15, 0.2) is 5.96 Å². The van der Waals surface area contributed by atoms with Crippen LogP contribution in [0.3, 0.4) is 0 Å². The minimum atomic E-state index is -0.208. The minimum Gasteiger partial charge on any atom is -0.379 e. The van der Waals surface area contributed by atoms with Crippen molar-refractivity contribution in [3.05, 3.63) is 35.6 Å². The number of ether oxygens (including phenoxy) is 1. The fourth-order valence-electron chi connectivity index (χ4n) is 3.00. The van der Waals surface area contributed by atoms with Gasteiger partial charge < -0.3 is 15.4 Å². The molecule has 1 saturated heterocycles. The third-order valence-corrected chi connectivity index (χ3v) is 4.84. The summed E-state index contributed by atoms with van der Waals surface area (Å²) in [6.07, 6.45) is 0. The van der Waals surface area contributed by atoms with E-state index >= 15 is 0 Å². The van der Waals surface area contributed by atoms with Crippen LogP contribution in [0.2, 0.25) is 0 Å². The second-order valence-electron chi connectivity index (χ2n) is 7.46. The van der Waals surface area contributed by atoms with Gasteiger partial charge in [-0.3, -0.25) is 9.89 Å². The highest BCUT2D eigenvalue weighted by atomic mass is 127. The molecule has 0 aromatic heterocycles. The fourth-order valence-corrected chi connectivity index (χ4v) is 3.00. The highest BCUT2D eigenvalue weighted by Crippen LogP contribution is 2.23. The smallest absolute Gasteiger partial charge is 0.191 e. The Morgan fingerprint density at radius 1 is 1.22 bits per heavy atom. The van der Waals surface area contributed by atoms with E-state index in [1.54, 1.807) is 0 Å². The maximum atomic E-state index is 13.2. The third-order valence-electron chi connectivity index (χ3n) is 4.84. The van der Waals surface area contributed by atoms with Gasteiger partial charge in [-0.05, 0) is 31.5 Å². The molecule has 0 saturated carbocycles. The lowest BCUT2D eigenvalue weighted by Crippen LogP contribution is -2.49. The summed E-state index contributed by atoms with van der Waals surface area (Å²) >= 11 is 0. The van der Waals surface area contributed by atoms with Crippen molar-refractivity contribution >= 4 is 29.9 Å². The van der Waals surface area contributed by atoms with Gasteiger partial charge in [0.2, 0.25) is 0 Å². The van der Waals surface area contributed by atoms with Gasteiger partial charge in [-0.15, -0.1) is 24.0 Å². The van der Waals surface area contributed by atoms with Gasteiger partial charge >= 0.3 is 0 Å². The van der Waals surface area contributed by atoms with Gasteiger partial charge in [-0.25, -0.2) is 4.39 Å². The van der Waals surface area contributed by atoms with Crippen LogP contribution < -0.4 is 10.6 Å². The Balaban J connectivity index is 0.00000364. The number of benzene rings is 1. The van der Waals surface area contributed by atoms with Crippen LogP contribution in [-0.4, -0.2) is 62.8 Å². The molecule has 1 aliphatic rings. The Morgan fingerprint density at radius 2 is 1.85 bits per heavy atom. The van der Waals surface area contributed by atoms with Crippen molar-refractivity contribution in [2.24, 2.45) is 4.99 Å². The quantitative estimate of drug-likeness (QED) is 0.349. The van der Waals surface area contributed by atoms with E-state index in [1.165, 1.54) is 12.1 Å². The van der Waals surface area contributed by atoms with E-state index in [0.29, 0.717) is 12.6 Å². The van der Waals surface area contributed by atoms with Gasteiger partial charge in [0.25, 0.3) is 0 Å². The molecule has 0 amide bonds. The zero-order valence-corrected chi connectivity index (χ0v) is 19.3. The molecule has 0 radical (unpaired) electrons. The molecule has 0 aliphatic carbocycles. The van der Waals surface area contributed by atoms with Crippen LogP contribution in [0.25, 0.3) is 0 Å². The Labute approximate surface area is 180 Å². The van der Waals surface area contributed by atoms with Crippen molar-refractivity contribution in [1.29, 1.82) is 0 Å². The number of morpholine rings is 1. The summed E-state index contributed by atoms with van der Waals surface area (Å²) < 4.78 is 18.6. The first-order valence-electron chi connectivity index (χ1n) is 9.52. The van der Waals surface area contributed by atoms with Crippen LogP contribution in [0.15, 0.2) is 29.3 Å². The summed E-state index contributed by atoms with van der Waals surface area (Å²) in [5.74, 6) is 0.614. The number of rotatable bonds is 7. The highest BCUT2D eigenvalue weighted by Gasteiger charge is 2.21. The zero-order chi connectivity index (χ0) is 19.0. The maximum absolute atomic E-state index is 13.2. The lowest BCUT2D eigenvalue weighted by Gasteiger charge is -2.32. The molecule has 1 aromatic rings. The van der Waals surface area contributed by atoms with E-state index in [9.17, 15) is 4.39 Å². The predicted molar refractivity (Wildman–Crippen MR) is 121 cm³/mol. The van der Waals surface area contributed by atoms with Crippen LogP contribution in [-0.2, 0) is 10.2 Å². The molecular weight excluding hydrogens is 458 g/mol. The maximum Gasteiger partial charge on any atom is 0.191 e. The molecule has 2 rings (SSSR count). The largest absolute Gasteiger partial charge is 0.379 e. The molecule has 27 heavy (non-hydrogen) atoms. The molecule has 1 aromatic carbocycles. The number of aliphatic imine (C=N–C) groups is 1. The standard InChI is InChI=1S/C20H33FN4O.HI/c1-5-22-19(23-14-16(2)25-10-12-26-13-11-25)24-15-20(3,4)17-6-8-18(21)9-7-17;/h6-9,16H,5,10-15H2,1-4H3,(H2,22,23,24);1H. The van der Waals surface area contributed by atoms with Crippen molar-refractivity contribution in [3.8, 4) is 0 Å². The Kier molecular flexibility index (Phi) is 10.5. The van der Waals surface area contributed by atoms with Crippen molar-refractivity contribution < 1.29 is 9.13 Å². The zero-order valence-electron chi connectivity index (χ0n) is 16.9. The molecule has 0 spiro atoms. The second-order valence-corrected chi connectivity index (χ2v) is 7.46. The van der Waals surface area contributed by atoms with Crippen LogP contribution in [0, 0.1) is 5.82 Å². The molecular formula is C20H34FIN4O. The van der Waals surface area contributed by atoms with Gasteiger partial charge in [0.05, 0.1) is 19.8 Å². The number of hydrogen-bond donors (Lipinski definition) is 2. The summed E-state index contributed by atoms with van der Waals surface area (Å²) in [4.78, 5) is 7.19. The van der Waals surface area contributed by atoms with Crippen LogP contribution in [0.1, 0.15) is 33.3 Å². The predicted octanol–water partition coefficient (Wildman–Crippen LogP) is 3.00. The van der Waals surface area contributed by atoms with Crippen molar-refractivity contribution in [3.63, 3.8) is 0 Å².